The second kappa shape index (κ2) is 7.35. The maximum atomic E-state index is 10.1. The SMILES string of the molecule is C[Se]CC[C@H]([NH3+])C(=O)O.[Cl-]. The van der Waals surface area contributed by atoms with Gasteiger partial charge in [-0.3, -0.25) is 0 Å². The summed E-state index contributed by atoms with van der Waals surface area (Å²) < 4.78 is 0. The Morgan fingerprint density at radius 2 is 2.30 bits per heavy atom. The fourth-order valence-electron chi connectivity index (χ4n) is 0.384. The van der Waals surface area contributed by atoms with Crippen LogP contribution in [0.1, 0.15) is 6.42 Å². The van der Waals surface area contributed by atoms with Crippen molar-refractivity contribution in [3.8, 4) is 0 Å². The van der Waals surface area contributed by atoms with E-state index in [2.05, 4.69) is 11.6 Å². The van der Waals surface area contributed by atoms with E-state index in [0.717, 1.165) is 11.7 Å². The minimum absolute atomic E-state index is 0. The molecule has 0 aromatic rings. The average molecular weight is 233 g/mol. The third kappa shape index (κ3) is 6.36. The molecular weight excluding hydrogens is 220 g/mol. The molecule has 3 nitrogen and oxygen atoms in total. The molecule has 10 heavy (non-hydrogen) atoms. The third-order valence-electron chi connectivity index (χ3n) is 1.02. The van der Waals surface area contributed by atoms with Crippen molar-refractivity contribution in [1.29, 1.82) is 0 Å². The average Bonchev–Trinajstić information content (AvgIpc) is 1.82. The second-order valence-corrected chi connectivity index (χ2v) is 3.88. The van der Waals surface area contributed by atoms with Crippen molar-refractivity contribution in [3.63, 3.8) is 0 Å². The quantitative estimate of drug-likeness (QED) is 0.489. The summed E-state index contributed by atoms with van der Waals surface area (Å²) in [5.74, 6) is 1.32. The minimum atomic E-state index is -0.778. The summed E-state index contributed by atoms with van der Waals surface area (Å²) in [6.07, 6.45) is 0.728. The fraction of sp³-hybridized carbons (Fsp3) is 0.800. The molecule has 0 unspecified atom stereocenters. The van der Waals surface area contributed by atoms with Gasteiger partial charge in [-0.15, -0.1) is 0 Å². The third-order valence-corrected chi connectivity index (χ3v) is 2.37. The zero-order valence-electron chi connectivity index (χ0n) is 5.84. The molecule has 0 spiro atoms. The van der Waals surface area contributed by atoms with E-state index in [4.69, 9.17) is 5.11 Å². The molecule has 0 rings (SSSR count). The molecule has 0 aliphatic carbocycles. The van der Waals surface area contributed by atoms with Gasteiger partial charge in [0.25, 0.3) is 0 Å². The molecule has 0 saturated carbocycles. The Morgan fingerprint density at radius 3 is 2.60 bits per heavy atom. The van der Waals surface area contributed by atoms with Gasteiger partial charge in [0.05, 0.1) is 0 Å². The number of carbonyl (C=O) groups is 1. The Kier molecular flexibility index (Phi) is 9.46. The van der Waals surface area contributed by atoms with Gasteiger partial charge < -0.3 is 12.4 Å². The molecule has 62 valence electrons. The molecule has 0 amide bonds. The van der Waals surface area contributed by atoms with Gasteiger partial charge in [-0.05, 0) is 0 Å². The van der Waals surface area contributed by atoms with Crippen LogP contribution in [0.2, 0.25) is 11.1 Å². The summed E-state index contributed by atoms with van der Waals surface area (Å²) >= 11 is 0.589. The second-order valence-electron chi connectivity index (χ2n) is 1.82. The van der Waals surface area contributed by atoms with E-state index in [9.17, 15) is 4.79 Å². The summed E-state index contributed by atoms with van der Waals surface area (Å²) in [5.41, 5.74) is 3.49. The Morgan fingerprint density at radius 1 is 1.80 bits per heavy atom. The zero-order chi connectivity index (χ0) is 7.28. The largest absolute Gasteiger partial charge is 1.00 e. The van der Waals surface area contributed by atoms with Crippen molar-refractivity contribution in [2.45, 2.75) is 23.6 Å². The van der Waals surface area contributed by atoms with Gasteiger partial charge in [-0.1, -0.05) is 0 Å². The van der Waals surface area contributed by atoms with Gasteiger partial charge in [0, 0.05) is 0 Å². The van der Waals surface area contributed by atoms with Crippen LogP contribution in [-0.4, -0.2) is 32.1 Å². The van der Waals surface area contributed by atoms with Crippen LogP contribution < -0.4 is 18.1 Å². The van der Waals surface area contributed by atoms with E-state index in [0.29, 0.717) is 15.0 Å². The van der Waals surface area contributed by atoms with Crippen LogP contribution >= 0.6 is 0 Å². The number of carboxylic acids is 1. The molecule has 0 saturated heterocycles. The van der Waals surface area contributed by atoms with Crippen LogP contribution in [0.15, 0.2) is 0 Å². The molecule has 4 N–H and O–H groups in total. The number of hydrogen-bond donors (Lipinski definition) is 2. The van der Waals surface area contributed by atoms with Crippen LogP contribution in [0.3, 0.4) is 0 Å². The van der Waals surface area contributed by atoms with Crippen LogP contribution in [0.5, 0.6) is 0 Å². The molecule has 0 aromatic carbocycles. The smallest absolute Gasteiger partial charge is 1.00 e. The normalized spacial score (nSPS) is 11.8. The molecule has 0 aliphatic rings. The van der Waals surface area contributed by atoms with Crippen molar-refractivity contribution >= 4 is 20.9 Å². The van der Waals surface area contributed by atoms with E-state index >= 15 is 0 Å². The molecule has 0 fully saturated rings. The van der Waals surface area contributed by atoms with Crippen LogP contribution in [0.25, 0.3) is 0 Å². The monoisotopic (exact) mass is 233 g/mol. The predicted molar refractivity (Wildman–Crippen MR) is 35.4 cm³/mol. The van der Waals surface area contributed by atoms with Gasteiger partial charge >= 0.3 is 60.2 Å². The van der Waals surface area contributed by atoms with Gasteiger partial charge in [-0.2, -0.15) is 0 Å². The number of carboxylic acid groups (broad SMARTS) is 1. The van der Waals surface area contributed by atoms with Crippen molar-refractivity contribution < 1.29 is 28.0 Å². The first kappa shape index (κ1) is 12.9. The standard InChI is InChI=1S/C5H11NO2Se.ClH/c1-9-3-2-4(6)5(7)8;/h4H,2-3,6H2,1H3,(H,7,8);1H/t4-;/m0./s1. The first-order valence-corrected chi connectivity index (χ1v) is 5.65. The van der Waals surface area contributed by atoms with Crippen molar-refractivity contribution in [2.75, 3.05) is 0 Å². The van der Waals surface area contributed by atoms with E-state index in [1.165, 1.54) is 0 Å². The molecule has 0 radical (unpaired) electrons. The fourth-order valence-corrected chi connectivity index (χ4v) is 1.48. The summed E-state index contributed by atoms with van der Waals surface area (Å²) in [7, 11) is 0. The van der Waals surface area contributed by atoms with E-state index in [1.807, 2.05) is 0 Å². The van der Waals surface area contributed by atoms with Crippen LogP contribution in [0, 0.1) is 0 Å². The van der Waals surface area contributed by atoms with Gasteiger partial charge in [0.2, 0.25) is 0 Å². The summed E-state index contributed by atoms with van der Waals surface area (Å²) in [5, 5.41) is 9.37. The van der Waals surface area contributed by atoms with Crippen LogP contribution in [0.4, 0.5) is 0 Å². The summed E-state index contributed by atoms with van der Waals surface area (Å²) in [6.45, 7) is 0. The number of quaternary nitrogens is 1. The molecule has 1 atom stereocenters. The Balaban J connectivity index is 0. The first-order chi connectivity index (χ1) is 4.18. The van der Waals surface area contributed by atoms with E-state index in [-0.39, 0.29) is 12.4 Å². The number of rotatable bonds is 4. The maximum absolute atomic E-state index is 10.1. The van der Waals surface area contributed by atoms with Gasteiger partial charge in [-0.25, -0.2) is 0 Å². The minimum Gasteiger partial charge on any atom is -1.00 e. The van der Waals surface area contributed by atoms with Crippen LogP contribution in [-0.2, 0) is 4.79 Å². The number of halogens is 1. The molecule has 0 heterocycles. The van der Waals surface area contributed by atoms with Crippen molar-refractivity contribution in [1.82, 2.24) is 0 Å². The molecule has 0 bridgehead atoms. The molecule has 0 aromatic heterocycles. The van der Waals surface area contributed by atoms with E-state index in [1.54, 1.807) is 0 Å². The number of aliphatic carboxylic acids is 1. The van der Waals surface area contributed by atoms with Crippen molar-refractivity contribution in [3.05, 3.63) is 0 Å². The summed E-state index contributed by atoms with van der Waals surface area (Å²) in [6, 6.07) is -0.396. The van der Waals surface area contributed by atoms with E-state index < -0.39 is 12.0 Å². The Hall–Kier alpha value is 0.239. The molecule has 0 aliphatic heterocycles. The van der Waals surface area contributed by atoms with Gasteiger partial charge in [0.1, 0.15) is 0 Å². The molecular formula is C5H12ClNO2Se. The number of hydrogen-bond acceptors (Lipinski definition) is 1. The molecule has 5 heteroatoms. The first-order valence-electron chi connectivity index (χ1n) is 2.73. The maximum Gasteiger partial charge on any atom is -1.00 e. The van der Waals surface area contributed by atoms with Gasteiger partial charge in [0.15, 0.2) is 0 Å². The summed E-state index contributed by atoms with van der Waals surface area (Å²) in [4.78, 5) is 10.1. The predicted octanol–water partition coefficient (Wildman–Crippen LogP) is -3.75. The van der Waals surface area contributed by atoms with Crippen molar-refractivity contribution in [2.24, 2.45) is 0 Å². The topological polar surface area (TPSA) is 64.9 Å². The Labute approximate surface area is 72.9 Å². The zero-order valence-corrected chi connectivity index (χ0v) is 8.31. The Bertz CT molecular complexity index is 102.